The predicted octanol–water partition coefficient (Wildman–Crippen LogP) is 2.13. The van der Waals surface area contributed by atoms with Crippen molar-refractivity contribution in [1.82, 2.24) is 0 Å². The van der Waals surface area contributed by atoms with Crippen molar-refractivity contribution in [3.63, 3.8) is 0 Å². The summed E-state index contributed by atoms with van der Waals surface area (Å²) in [4.78, 5) is 10.6. The van der Waals surface area contributed by atoms with Crippen LogP contribution in [0.15, 0.2) is 10.9 Å². The monoisotopic (exact) mass is 192 g/mol. The minimum atomic E-state index is -1.17. The zero-order chi connectivity index (χ0) is 9.90. The van der Waals surface area contributed by atoms with Crippen LogP contribution in [-0.2, 0) is 6.42 Å². The van der Waals surface area contributed by atoms with Gasteiger partial charge in [0.05, 0.1) is 0 Å². The Morgan fingerprint density at radius 2 is 2.00 bits per heavy atom. The van der Waals surface area contributed by atoms with Crippen molar-refractivity contribution in [1.29, 1.82) is 0 Å². The lowest BCUT2D eigenvalue weighted by molar-refractivity contribution is 0.870. The topological polar surface area (TPSA) is 17.1 Å². The third-order valence-corrected chi connectivity index (χ3v) is 2.68. The molecule has 0 N–H and O–H groups in total. The molecular weight excluding hydrogens is 176 g/mol. The Bertz CT molecular complexity index is 339. The van der Waals surface area contributed by atoms with Crippen molar-refractivity contribution >= 4 is 8.07 Å². The molecule has 2 heteroatoms. The Labute approximate surface area is 80.9 Å². The summed E-state index contributed by atoms with van der Waals surface area (Å²) in [6.07, 6.45) is 2.91. The van der Waals surface area contributed by atoms with E-state index in [0.29, 0.717) is 0 Å². The minimum absolute atomic E-state index is 0.248. The summed E-state index contributed by atoms with van der Waals surface area (Å²) in [6, 6.07) is 1.71. The highest BCUT2D eigenvalue weighted by Gasteiger charge is 2.08. The molecule has 0 atom stereocenters. The first-order valence-corrected chi connectivity index (χ1v) is 8.24. The second-order valence-electron chi connectivity index (χ2n) is 4.44. The second-order valence-corrected chi connectivity index (χ2v) is 9.19. The largest absolute Gasteiger partial charge is 0.290 e. The highest BCUT2D eigenvalue weighted by molar-refractivity contribution is 6.83. The summed E-state index contributed by atoms with van der Waals surface area (Å²) in [5.41, 5.74) is 4.57. The van der Waals surface area contributed by atoms with Crippen LogP contribution in [0.3, 0.4) is 0 Å². The van der Waals surface area contributed by atoms with Crippen molar-refractivity contribution < 1.29 is 0 Å². The van der Waals surface area contributed by atoms with Gasteiger partial charge in [-0.25, -0.2) is 0 Å². The van der Waals surface area contributed by atoms with Crippen LogP contribution in [0, 0.1) is 11.5 Å². The van der Waals surface area contributed by atoms with E-state index < -0.39 is 8.07 Å². The van der Waals surface area contributed by atoms with Gasteiger partial charge in [-0.15, -0.1) is 11.5 Å². The highest BCUT2D eigenvalue weighted by atomic mass is 28.3. The lowest BCUT2D eigenvalue weighted by atomic mass is 10.2. The fourth-order valence-corrected chi connectivity index (χ4v) is 1.67. The molecule has 1 aromatic rings. The van der Waals surface area contributed by atoms with Gasteiger partial charge in [-0.3, -0.25) is 4.79 Å². The SMILES string of the molecule is C[Si](C)(C)C#CCCCc1cc1=O. The van der Waals surface area contributed by atoms with E-state index in [9.17, 15) is 4.79 Å². The Hall–Kier alpha value is -0.813. The molecule has 0 heterocycles. The van der Waals surface area contributed by atoms with Gasteiger partial charge >= 0.3 is 0 Å². The summed E-state index contributed by atoms with van der Waals surface area (Å²) in [5.74, 6) is 3.20. The molecule has 0 fully saturated rings. The molecule has 1 rings (SSSR count). The third kappa shape index (κ3) is 4.69. The van der Waals surface area contributed by atoms with Gasteiger partial charge in [0.1, 0.15) is 8.07 Å². The third-order valence-electron chi connectivity index (χ3n) is 1.75. The summed E-state index contributed by atoms with van der Waals surface area (Å²) in [6.45, 7) is 6.73. The summed E-state index contributed by atoms with van der Waals surface area (Å²) < 4.78 is 0. The normalized spacial score (nSPS) is 11.3. The van der Waals surface area contributed by atoms with Crippen molar-refractivity contribution in [3.8, 4) is 11.5 Å². The first-order valence-electron chi connectivity index (χ1n) is 4.74. The van der Waals surface area contributed by atoms with Gasteiger partial charge in [0, 0.05) is 12.0 Å². The quantitative estimate of drug-likeness (QED) is 0.407. The first kappa shape index (κ1) is 10.3. The minimum Gasteiger partial charge on any atom is -0.290 e. The fraction of sp³-hybridized carbons (Fsp3) is 0.545. The van der Waals surface area contributed by atoms with Gasteiger partial charge in [0.2, 0.25) is 0 Å². The summed E-state index contributed by atoms with van der Waals surface area (Å²) in [5, 5.41) is 0. The molecule has 0 saturated carbocycles. The summed E-state index contributed by atoms with van der Waals surface area (Å²) in [7, 11) is -1.17. The number of aryl methyl sites for hydroxylation is 1. The Kier molecular flexibility index (Phi) is 3.10. The lowest BCUT2D eigenvalue weighted by Crippen LogP contribution is -2.16. The van der Waals surface area contributed by atoms with E-state index in [1.165, 1.54) is 0 Å². The molecule has 1 aromatic carbocycles. The maximum Gasteiger partial charge on any atom is 0.182 e. The molecule has 1 nitrogen and oxygen atoms in total. The molecule has 0 bridgehead atoms. The zero-order valence-electron chi connectivity index (χ0n) is 8.61. The number of hydrogen-bond acceptors (Lipinski definition) is 1. The van der Waals surface area contributed by atoms with Crippen LogP contribution in [0.4, 0.5) is 0 Å². The molecule has 0 amide bonds. The molecule has 0 aromatic heterocycles. The molecule has 70 valence electrons. The molecule has 0 unspecified atom stereocenters. The molecule has 0 saturated heterocycles. The highest BCUT2D eigenvalue weighted by Crippen LogP contribution is 2.03. The maximum absolute atomic E-state index is 10.6. The molecule has 0 aliphatic heterocycles. The Morgan fingerprint density at radius 3 is 2.46 bits per heavy atom. The zero-order valence-corrected chi connectivity index (χ0v) is 9.61. The standard InChI is InChI=1S/C11H16OSi/c1-13(2,3)8-6-4-5-7-10-9-11(10)12/h9H,4-5,7H2,1-3H3. The van der Waals surface area contributed by atoms with Gasteiger partial charge in [0.15, 0.2) is 5.43 Å². The van der Waals surface area contributed by atoms with E-state index in [2.05, 4.69) is 31.1 Å². The van der Waals surface area contributed by atoms with Crippen molar-refractivity contribution in [2.24, 2.45) is 0 Å². The first-order chi connectivity index (χ1) is 5.99. The average Bonchev–Trinajstić information content (AvgIpc) is 2.63. The van der Waals surface area contributed by atoms with Crippen LogP contribution in [-0.4, -0.2) is 8.07 Å². The molecular formula is C11H16OSi. The van der Waals surface area contributed by atoms with Crippen LogP contribution < -0.4 is 5.43 Å². The van der Waals surface area contributed by atoms with E-state index in [1.807, 2.05) is 0 Å². The fourth-order valence-electron chi connectivity index (χ4n) is 1.01. The number of hydrogen-bond donors (Lipinski definition) is 0. The maximum atomic E-state index is 10.6. The lowest BCUT2D eigenvalue weighted by Gasteiger charge is -2.02. The van der Waals surface area contributed by atoms with Crippen molar-refractivity contribution in [2.75, 3.05) is 0 Å². The van der Waals surface area contributed by atoms with Crippen LogP contribution >= 0.6 is 0 Å². The van der Waals surface area contributed by atoms with Crippen LogP contribution in [0.25, 0.3) is 0 Å². The average molecular weight is 192 g/mol. The molecule has 13 heavy (non-hydrogen) atoms. The van der Waals surface area contributed by atoms with E-state index in [4.69, 9.17) is 0 Å². The molecule has 0 spiro atoms. The summed E-state index contributed by atoms with van der Waals surface area (Å²) >= 11 is 0. The van der Waals surface area contributed by atoms with Crippen molar-refractivity contribution in [2.45, 2.75) is 38.9 Å². The number of unbranched alkanes of at least 4 members (excludes halogenated alkanes) is 1. The van der Waals surface area contributed by atoms with Crippen LogP contribution in [0.1, 0.15) is 18.4 Å². The van der Waals surface area contributed by atoms with E-state index in [0.717, 1.165) is 24.8 Å². The second kappa shape index (κ2) is 3.93. The molecule has 0 radical (unpaired) electrons. The Morgan fingerprint density at radius 1 is 1.38 bits per heavy atom. The van der Waals surface area contributed by atoms with Gasteiger partial charge in [-0.1, -0.05) is 19.6 Å². The predicted molar refractivity (Wildman–Crippen MR) is 59.1 cm³/mol. The van der Waals surface area contributed by atoms with Gasteiger partial charge in [0.25, 0.3) is 0 Å². The van der Waals surface area contributed by atoms with Gasteiger partial charge in [-0.2, -0.15) is 0 Å². The smallest absolute Gasteiger partial charge is 0.182 e. The van der Waals surface area contributed by atoms with Crippen molar-refractivity contribution in [3.05, 3.63) is 21.9 Å². The molecule has 0 aliphatic carbocycles. The van der Waals surface area contributed by atoms with Crippen LogP contribution in [0.5, 0.6) is 0 Å². The van der Waals surface area contributed by atoms with E-state index >= 15 is 0 Å². The Balaban J connectivity index is 2.13. The van der Waals surface area contributed by atoms with Crippen LogP contribution in [0.2, 0.25) is 19.6 Å². The van der Waals surface area contributed by atoms with Gasteiger partial charge < -0.3 is 0 Å². The molecule has 0 aliphatic rings. The van der Waals surface area contributed by atoms with Gasteiger partial charge in [-0.05, 0) is 18.9 Å². The number of rotatable bonds is 3. The van der Waals surface area contributed by atoms with E-state index in [-0.39, 0.29) is 5.43 Å². The van der Waals surface area contributed by atoms with E-state index in [1.54, 1.807) is 6.07 Å².